The number of ether oxygens (including phenoxy) is 1. The predicted molar refractivity (Wildman–Crippen MR) is 72.7 cm³/mol. The minimum Gasteiger partial charge on any atom is -0.380 e. The molecule has 0 radical (unpaired) electrons. The van der Waals surface area contributed by atoms with E-state index in [2.05, 4.69) is 11.9 Å². The highest BCUT2D eigenvalue weighted by atomic mass is 16.5. The minimum atomic E-state index is -0.237. The van der Waals surface area contributed by atoms with Crippen LogP contribution in [0.3, 0.4) is 0 Å². The molecule has 0 amide bonds. The third kappa shape index (κ3) is 3.55. The standard InChI is InChI=1S/C15H27NO2/c1-16(14-7-4-2-3-5-8-14)11-15(12-17)9-6-10-18-13-15/h12,14H,2-11,13H2,1H3. The molecule has 0 aromatic rings. The largest absolute Gasteiger partial charge is 0.380 e. The molecule has 3 nitrogen and oxygen atoms in total. The zero-order valence-electron chi connectivity index (χ0n) is 11.7. The number of carbonyl (C=O) groups is 1. The molecule has 2 rings (SSSR count). The van der Waals surface area contributed by atoms with Gasteiger partial charge >= 0.3 is 0 Å². The van der Waals surface area contributed by atoms with Crippen molar-refractivity contribution in [2.24, 2.45) is 5.41 Å². The Morgan fingerprint density at radius 1 is 1.22 bits per heavy atom. The van der Waals surface area contributed by atoms with Gasteiger partial charge in [-0.1, -0.05) is 25.7 Å². The highest BCUT2D eigenvalue weighted by Gasteiger charge is 2.35. The summed E-state index contributed by atoms with van der Waals surface area (Å²) in [6.45, 7) is 2.32. The summed E-state index contributed by atoms with van der Waals surface area (Å²) in [7, 11) is 2.19. The van der Waals surface area contributed by atoms with Crippen LogP contribution in [0, 0.1) is 5.41 Å². The van der Waals surface area contributed by atoms with E-state index in [0.717, 1.165) is 32.3 Å². The molecule has 1 heterocycles. The number of rotatable bonds is 4. The number of carbonyl (C=O) groups excluding carboxylic acids is 1. The lowest BCUT2D eigenvalue weighted by molar-refractivity contribution is -0.125. The van der Waals surface area contributed by atoms with E-state index in [0.29, 0.717) is 12.6 Å². The maximum atomic E-state index is 11.5. The summed E-state index contributed by atoms with van der Waals surface area (Å²) in [5, 5.41) is 0. The van der Waals surface area contributed by atoms with Crippen LogP contribution in [0.5, 0.6) is 0 Å². The Balaban J connectivity index is 1.91. The van der Waals surface area contributed by atoms with Crippen molar-refractivity contribution >= 4 is 6.29 Å². The molecule has 2 aliphatic rings. The van der Waals surface area contributed by atoms with Crippen molar-refractivity contribution in [2.45, 2.75) is 57.4 Å². The predicted octanol–water partition coefficient (Wildman–Crippen LogP) is 2.64. The number of nitrogens with zero attached hydrogens (tertiary/aromatic N) is 1. The lowest BCUT2D eigenvalue weighted by Crippen LogP contribution is -2.46. The molecule has 0 bridgehead atoms. The van der Waals surface area contributed by atoms with E-state index in [4.69, 9.17) is 4.74 Å². The van der Waals surface area contributed by atoms with Crippen LogP contribution in [-0.2, 0) is 9.53 Å². The zero-order valence-corrected chi connectivity index (χ0v) is 11.7. The van der Waals surface area contributed by atoms with Crippen LogP contribution in [0.25, 0.3) is 0 Å². The van der Waals surface area contributed by atoms with E-state index < -0.39 is 0 Å². The first-order valence-corrected chi connectivity index (χ1v) is 7.50. The molecule has 1 unspecified atom stereocenters. The van der Waals surface area contributed by atoms with Gasteiger partial charge in [-0.05, 0) is 32.7 Å². The average Bonchev–Trinajstić information content (AvgIpc) is 2.68. The fraction of sp³-hybridized carbons (Fsp3) is 0.933. The van der Waals surface area contributed by atoms with Crippen LogP contribution in [0.4, 0.5) is 0 Å². The van der Waals surface area contributed by atoms with E-state index in [9.17, 15) is 4.79 Å². The van der Waals surface area contributed by atoms with Crippen molar-refractivity contribution in [2.75, 3.05) is 26.8 Å². The van der Waals surface area contributed by atoms with Gasteiger partial charge in [0.1, 0.15) is 6.29 Å². The maximum Gasteiger partial charge on any atom is 0.129 e. The number of hydrogen-bond acceptors (Lipinski definition) is 3. The van der Waals surface area contributed by atoms with Gasteiger partial charge in [0, 0.05) is 19.2 Å². The first kappa shape index (κ1) is 14.0. The lowest BCUT2D eigenvalue weighted by atomic mass is 9.83. The third-order valence-corrected chi connectivity index (χ3v) is 4.62. The molecule has 3 heteroatoms. The van der Waals surface area contributed by atoms with Gasteiger partial charge < -0.3 is 14.4 Å². The van der Waals surface area contributed by atoms with Crippen molar-refractivity contribution in [3.63, 3.8) is 0 Å². The van der Waals surface area contributed by atoms with Gasteiger partial charge in [-0.15, -0.1) is 0 Å². The van der Waals surface area contributed by atoms with Crippen molar-refractivity contribution in [1.82, 2.24) is 4.90 Å². The molecule has 0 spiro atoms. The summed E-state index contributed by atoms with van der Waals surface area (Å²) in [6.07, 6.45) is 11.2. The first-order valence-electron chi connectivity index (χ1n) is 7.50. The Morgan fingerprint density at radius 3 is 2.50 bits per heavy atom. The van der Waals surface area contributed by atoms with Crippen LogP contribution < -0.4 is 0 Å². The van der Waals surface area contributed by atoms with Crippen molar-refractivity contribution in [1.29, 1.82) is 0 Å². The van der Waals surface area contributed by atoms with E-state index in [1.807, 2.05) is 0 Å². The van der Waals surface area contributed by atoms with Crippen molar-refractivity contribution in [3.8, 4) is 0 Å². The molecule has 18 heavy (non-hydrogen) atoms. The second-order valence-corrected chi connectivity index (χ2v) is 6.20. The molecule has 1 aliphatic heterocycles. The molecule has 2 fully saturated rings. The highest BCUT2D eigenvalue weighted by Crippen LogP contribution is 2.29. The summed E-state index contributed by atoms with van der Waals surface area (Å²) < 4.78 is 5.53. The first-order chi connectivity index (χ1) is 8.76. The van der Waals surface area contributed by atoms with Gasteiger partial charge in [0.05, 0.1) is 12.0 Å². The van der Waals surface area contributed by atoms with Gasteiger partial charge in [0.2, 0.25) is 0 Å². The summed E-state index contributed by atoms with van der Waals surface area (Å²) in [5.41, 5.74) is -0.237. The fourth-order valence-electron chi connectivity index (χ4n) is 3.45. The lowest BCUT2D eigenvalue weighted by Gasteiger charge is -2.38. The molecule has 1 saturated carbocycles. The molecular weight excluding hydrogens is 226 g/mol. The zero-order chi connectivity index (χ0) is 12.8. The Hall–Kier alpha value is -0.410. The summed E-state index contributed by atoms with van der Waals surface area (Å²) >= 11 is 0. The van der Waals surface area contributed by atoms with E-state index >= 15 is 0 Å². The molecular formula is C15H27NO2. The summed E-state index contributed by atoms with van der Waals surface area (Å²) in [4.78, 5) is 13.9. The number of hydrogen-bond donors (Lipinski definition) is 0. The van der Waals surface area contributed by atoms with Crippen LogP contribution in [0.1, 0.15) is 51.4 Å². The SMILES string of the molecule is CN(CC1(C=O)CCCOC1)C1CCCCCC1. The van der Waals surface area contributed by atoms with Gasteiger partial charge in [0.25, 0.3) is 0 Å². The molecule has 1 atom stereocenters. The quantitative estimate of drug-likeness (QED) is 0.570. The highest BCUT2D eigenvalue weighted by molar-refractivity contribution is 5.60. The summed E-state index contributed by atoms with van der Waals surface area (Å²) in [5.74, 6) is 0. The maximum absolute atomic E-state index is 11.5. The smallest absolute Gasteiger partial charge is 0.129 e. The summed E-state index contributed by atoms with van der Waals surface area (Å²) in [6, 6.07) is 0.672. The van der Waals surface area contributed by atoms with Crippen LogP contribution in [-0.4, -0.2) is 44.0 Å². The molecule has 0 aromatic heterocycles. The molecule has 0 N–H and O–H groups in total. The third-order valence-electron chi connectivity index (χ3n) is 4.62. The van der Waals surface area contributed by atoms with Crippen LogP contribution in [0.2, 0.25) is 0 Å². The van der Waals surface area contributed by atoms with E-state index in [1.54, 1.807) is 0 Å². The fourth-order valence-corrected chi connectivity index (χ4v) is 3.45. The van der Waals surface area contributed by atoms with Crippen LogP contribution in [0.15, 0.2) is 0 Å². The topological polar surface area (TPSA) is 29.5 Å². The van der Waals surface area contributed by atoms with Gasteiger partial charge in [0.15, 0.2) is 0 Å². The molecule has 0 aromatic carbocycles. The Labute approximate surface area is 111 Å². The Kier molecular flexibility index (Phi) is 5.19. The minimum absolute atomic E-state index is 0.237. The van der Waals surface area contributed by atoms with E-state index in [-0.39, 0.29) is 5.41 Å². The average molecular weight is 253 g/mol. The number of aldehydes is 1. The normalized spacial score (nSPS) is 31.2. The molecule has 1 saturated heterocycles. The Bertz CT molecular complexity index is 253. The van der Waals surface area contributed by atoms with Crippen molar-refractivity contribution < 1.29 is 9.53 Å². The molecule has 104 valence electrons. The van der Waals surface area contributed by atoms with Crippen LogP contribution >= 0.6 is 0 Å². The van der Waals surface area contributed by atoms with Gasteiger partial charge in [-0.2, -0.15) is 0 Å². The Morgan fingerprint density at radius 2 is 1.94 bits per heavy atom. The van der Waals surface area contributed by atoms with Crippen molar-refractivity contribution in [3.05, 3.63) is 0 Å². The monoisotopic (exact) mass is 253 g/mol. The van der Waals surface area contributed by atoms with Gasteiger partial charge in [-0.3, -0.25) is 0 Å². The van der Waals surface area contributed by atoms with Gasteiger partial charge in [-0.25, -0.2) is 0 Å². The molecule has 1 aliphatic carbocycles. The van der Waals surface area contributed by atoms with E-state index in [1.165, 1.54) is 38.5 Å². The second-order valence-electron chi connectivity index (χ2n) is 6.20. The second kappa shape index (κ2) is 6.67.